The molecule has 7 heteroatoms. The van der Waals surface area contributed by atoms with E-state index in [1.54, 1.807) is 16.8 Å². The van der Waals surface area contributed by atoms with E-state index in [1.807, 2.05) is 20.0 Å². The fourth-order valence-electron chi connectivity index (χ4n) is 1.75. The SMILES string of the molecule is Cc1nn(C)c(CSc2ccc(Br)c(C(=O)O)c2)c1Cl. The minimum atomic E-state index is -0.950. The van der Waals surface area contributed by atoms with Gasteiger partial charge in [0.1, 0.15) is 0 Å². The quantitative estimate of drug-likeness (QED) is 0.816. The summed E-state index contributed by atoms with van der Waals surface area (Å²) in [5.74, 6) is -0.314. The molecule has 0 atom stereocenters. The maximum Gasteiger partial charge on any atom is 0.336 e. The zero-order valence-electron chi connectivity index (χ0n) is 10.9. The summed E-state index contributed by atoms with van der Waals surface area (Å²) in [4.78, 5) is 12.0. The van der Waals surface area contributed by atoms with Crippen LogP contribution in [0.3, 0.4) is 0 Å². The van der Waals surface area contributed by atoms with Crippen LogP contribution in [0.2, 0.25) is 5.02 Å². The van der Waals surface area contributed by atoms with Crippen molar-refractivity contribution in [3.05, 3.63) is 44.6 Å². The largest absolute Gasteiger partial charge is 0.478 e. The van der Waals surface area contributed by atoms with Gasteiger partial charge in [-0.15, -0.1) is 11.8 Å². The predicted molar refractivity (Wildman–Crippen MR) is 83.6 cm³/mol. The van der Waals surface area contributed by atoms with Crippen LogP contribution in [-0.2, 0) is 12.8 Å². The van der Waals surface area contributed by atoms with Crippen LogP contribution < -0.4 is 0 Å². The van der Waals surface area contributed by atoms with Crippen LogP contribution >= 0.6 is 39.3 Å². The second-order valence-electron chi connectivity index (χ2n) is 4.21. The molecule has 0 saturated carbocycles. The smallest absolute Gasteiger partial charge is 0.336 e. The molecule has 0 spiro atoms. The van der Waals surface area contributed by atoms with E-state index in [4.69, 9.17) is 16.7 Å². The van der Waals surface area contributed by atoms with Crippen molar-refractivity contribution in [2.75, 3.05) is 0 Å². The molecule has 1 aromatic carbocycles. The van der Waals surface area contributed by atoms with Crippen LogP contribution in [0.4, 0.5) is 0 Å². The standard InChI is InChI=1S/C13H12BrClN2O2S/c1-7-12(15)11(17(2)16-7)6-20-8-3-4-10(14)9(5-8)13(18)19/h3-5H,6H2,1-2H3,(H,18,19). The second kappa shape index (κ2) is 6.20. The van der Waals surface area contributed by atoms with Gasteiger partial charge < -0.3 is 5.11 Å². The fraction of sp³-hybridized carbons (Fsp3) is 0.231. The van der Waals surface area contributed by atoms with Crippen molar-refractivity contribution in [2.45, 2.75) is 17.6 Å². The molecule has 1 aromatic heterocycles. The molecule has 20 heavy (non-hydrogen) atoms. The van der Waals surface area contributed by atoms with Crippen LogP contribution in [-0.4, -0.2) is 20.9 Å². The van der Waals surface area contributed by atoms with E-state index < -0.39 is 5.97 Å². The highest BCUT2D eigenvalue weighted by atomic mass is 79.9. The number of halogens is 2. The van der Waals surface area contributed by atoms with Gasteiger partial charge in [-0.3, -0.25) is 4.68 Å². The van der Waals surface area contributed by atoms with Crippen molar-refractivity contribution >= 4 is 45.3 Å². The molecule has 0 amide bonds. The summed E-state index contributed by atoms with van der Waals surface area (Å²) in [6.07, 6.45) is 0. The highest BCUT2D eigenvalue weighted by molar-refractivity contribution is 9.10. The number of carboxylic acid groups (broad SMARTS) is 1. The van der Waals surface area contributed by atoms with E-state index in [9.17, 15) is 4.79 Å². The van der Waals surface area contributed by atoms with Crippen LogP contribution in [0, 0.1) is 6.92 Å². The number of aromatic nitrogens is 2. The number of nitrogens with zero attached hydrogens (tertiary/aromatic N) is 2. The molecule has 4 nitrogen and oxygen atoms in total. The van der Waals surface area contributed by atoms with Gasteiger partial charge in [-0.05, 0) is 41.1 Å². The van der Waals surface area contributed by atoms with Gasteiger partial charge in [0.15, 0.2) is 0 Å². The Hall–Kier alpha value is -0.980. The van der Waals surface area contributed by atoms with Gasteiger partial charge in [-0.25, -0.2) is 4.79 Å². The first-order valence-corrected chi connectivity index (χ1v) is 7.89. The van der Waals surface area contributed by atoms with Crippen molar-refractivity contribution < 1.29 is 9.90 Å². The molecule has 0 radical (unpaired) electrons. The molecule has 0 unspecified atom stereocenters. The topological polar surface area (TPSA) is 55.1 Å². The average molecular weight is 376 g/mol. The Bertz CT molecular complexity index is 673. The van der Waals surface area contributed by atoms with E-state index in [2.05, 4.69) is 21.0 Å². The molecule has 0 aliphatic heterocycles. The van der Waals surface area contributed by atoms with E-state index in [0.29, 0.717) is 15.2 Å². The number of aromatic carboxylic acids is 1. The lowest BCUT2D eigenvalue weighted by atomic mass is 10.2. The highest BCUT2D eigenvalue weighted by Crippen LogP contribution is 2.30. The predicted octanol–water partition coefficient (Wildman–Crippen LogP) is 4.13. The molecular weight excluding hydrogens is 364 g/mol. The van der Waals surface area contributed by atoms with Crippen LogP contribution in [0.5, 0.6) is 0 Å². The first kappa shape index (κ1) is 15.4. The van der Waals surface area contributed by atoms with Crippen molar-refractivity contribution in [3.8, 4) is 0 Å². The Kier molecular flexibility index (Phi) is 4.78. The Morgan fingerprint density at radius 3 is 2.80 bits per heavy atom. The molecular formula is C13H12BrClN2O2S. The fourth-order valence-corrected chi connectivity index (χ4v) is 3.47. The third-order valence-electron chi connectivity index (χ3n) is 2.81. The first-order valence-electron chi connectivity index (χ1n) is 5.73. The summed E-state index contributed by atoms with van der Waals surface area (Å²) in [5.41, 5.74) is 1.98. The Balaban J connectivity index is 2.19. The third kappa shape index (κ3) is 3.19. The van der Waals surface area contributed by atoms with Gasteiger partial charge in [-0.2, -0.15) is 5.10 Å². The van der Waals surface area contributed by atoms with Crippen LogP contribution in [0.25, 0.3) is 0 Å². The number of rotatable bonds is 4. The van der Waals surface area contributed by atoms with Gasteiger partial charge in [-0.1, -0.05) is 11.6 Å². The summed E-state index contributed by atoms with van der Waals surface area (Å²) in [6, 6.07) is 5.26. The van der Waals surface area contributed by atoms with Gasteiger partial charge in [0.25, 0.3) is 0 Å². The monoisotopic (exact) mass is 374 g/mol. The molecule has 0 aliphatic rings. The Morgan fingerprint density at radius 2 is 2.25 bits per heavy atom. The third-order valence-corrected chi connectivity index (χ3v) is 4.99. The van der Waals surface area contributed by atoms with Gasteiger partial charge in [0, 0.05) is 22.2 Å². The molecule has 106 valence electrons. The lowest BCUT2D eigenvalue weighted by Gasteiger charge is -2.05. The molecule has 0 aliphatic carbocycles. The number of thioether (sulfide) groups is 1. The number of benzene rings is 1. The summed E-state index contributed by atoms with van der Waals surface area (Å²) in [7, 11) is 1.85. The lowest BCUT2D eigenvalue weighted by molar-refractivity contribution is 0.0695. The lowest BCUT2D eigenvalue weighted by Crippen LogP contribution is -1.99. The summed E-state index contributed by atoms with van der Waals surface area (Å²) in [5, 5.41) is 14.0. The number of carboxylic acids is 1. The number of hydrogen-bond acceptors (Lipinski definition) is 3. The molecule has 2 aromatic rings. The Labute approximate surface area is 134 Å². The molecule has 0 fully saturated rings. The maximum atomic E-state index is 11.1. The first-order chi connectivity index (χ1) is 9.40. The zero-order chi connectivity index (χ0) is 14.9. The normalized spacial score (nSPS) is 10.8. The zero-order valence-corrected chi connectivity index (χ0v) is 14.0. The molecule has 0 saturated heterocycles. The minimum Gasteiger partial charge on any atom is -0.478 e. The number of aryl methyl sites for hydroxylation is 2. The highest BCUT2D eigenvalue weighted by Gasteiger charge is 2.13. The van der Waals surface area contributed by atoms with E-state index in [-0.39, 0.29) is 5.56 Å². The van der Waals surface area contributed by atoms with Gasteiger partial charge in [0.05, 0.1) is 22.0 Å². The van der Waals surface area contributed by atoms with Crippen molar-refractivity contribution in [1.82, 2.24) is 9.78 Å². The Morgan fingerprint density at radius 1 is 1.55 bits per heavy atom. The molecule has 1 N–H and O–H groups in total. The second-order valence-corrected chi connectivity index (χ2v) is 6.49. The van der Waals surface area contributed by atoms with Crippen molar-refractivity contribution in [2.24, 2.45) is 7.05 Å². The van der Waals surface area contributed by atoms with Crippen LogP contribution in [0.15, 0.2) is 27.6 Å². The summed E-state index contributed by atoms with van der Waals surface area (Å²) < 4.78 is 2.32. The minimum absolute atomic E-state index is 0.252. The number of hydrogen-bond donors (Lipinski definition) is 1. The van der Waals surface area contributed by atoms with Crippen molar-refractivity contribution in [3.63, 3.8) is 0 Å². The molecule has 0 bridgehead atoms. The van der Waals surface area contributed by atoms with Gasteiger partial charge >= 0.3 is 5.97 Å². The van der Waals surface area contributed by atoms with Crippen LogP contribution in [0.1, 0.15) is 21.7 Å². The van der Waals surface area contributed by atoms with E-state index in [1.165, 1.54) is 11.8 Å². The number of carbonyl (C=O) groups is 1. The van der Waals surface area contributed by atoms with Gasteiger partial charge in [0.2, 0.25) is 0 Å². The summed E-state index contributed by atoms with van der Waals surface area (Å²) in [6.45, 7) is 1.86. The molecule has 2 rings (SSSR count). The van der Waals surface area contributed by atoms with E-state index >= 15 is 0 Å². The summed E-state index contributed by atoms with van der Waals surface area (Å²) >= 11 is 10.9. The maximum absolute atomic E-state index is 11.1. The van der Waals surface area contributed by atoms with E-state index in [0.717, 1.165) is 16.3 Å². The van der Waals surface area contributed by atoms with Crippen molar-refractivity contribution in [1.29, 1.82) is 0 Å². The molecule has 1 heterocycles. The average Bonchev–Trinajstić information content (AvgIpc) is 2.62.